The predicted molar refractivity (Wildman–Crippen MR) is 123 cm³/mol. The van der Waals surface area contributed by atoms with Gasteiger partial charge in [-0.25, -0.2) is 0 Å². The first-order valence-electron chi connectivity index (χ1n) is 11.7. The molecule has 2 heterocycles. The lowest BCUT2D eigenvalue weighted by Gasteiger charge is -2.55. The first kappa shape index (κ1) is 19.5. The number of rotatable bonds is 4. The molecule has 1 aromatic carbocycles. The average molecular weight is 432 g/mol. The number of hydrogen-bond acceptors (Lipinski definition) is 4. The van der Waals surface area contributed by atoms with Gasteiger partial charge >= 0.3 is 0 Å². The number of nitriles is 1. The van der Waals surface area contributed by atoms with E-state index in [1.54, 1.807) is 11.3 Å². The van der Waals surface area contributed by atoms with E-state index in [9.17, 15) is 10.1 Å². The molecule has 4 fully saturated rings. The Morgan fingerprint density at radius 2 is 1.81 bits per heavy atom. The second-order valence-electron chi connectivity index (χ2n) is 10.4. The SMILES string of the molecule is N#Cc1c(NC(=O)C23CC4CC(CC(C4)C2)C3)sc2c1CCN(Cc1ccccc1)C2. The molecule has 7 rings (SSSR count). The van der Waals surface area contributed by atoms with Gasteiger partial charge in [0.2, 0.25) is 5.91 Å². The molecule has 1 aliphatic heterocycles. The number of fused-ring (bicyclic) bond motifs is 1. The Bertz CT molecular complexity index is 1020. The van der Waals surface area contributed by atoms with Crippen LogP contribution in [0.4, 0.5) is 5.00 Å². The number of carbonyl (C=O) groups excluding carboxylic acids is 1. The highest BCUT2D eigenvalue weighted by Crippen LogP contribution is 2.60. The average Bonchev–Trinajstić information content (AvgIpc) is 3.09. The number of nitrogens with zero attached hydrogens (tertiary/aromatic N) is 2. The summed E-state index contributed by atoms with van der Waals surface area (Å²) in [4.78, 5) is 17.2. The first-order chi connectivity index (χ1) is 15.1. The fraction of sp³-hybridized carbons (Fsp3) is 0.538. The number of carbonyl (C=O) groups is 1. The van der Waals surface area contributed by atoms with E-state index in [0.717, 1.165) is 79.2 Å². The monoisotopic (exact) mass is 431 g/mol. The molecule has 5 aliphatic rings. The molecule has 1 aromatic heterocycles. The van der Waals surface area contributed by atoms with Crippen LogP contribution >= 0.6 is 11.3 Å². The van der Waals surface area contributed by atoms with Gasteiger partial charge in [-0.1, -0.05) is 30.3 Å². The lowest BCUT2D eigenvalue weighted by Crippen LogP contribution is -2.51. The van der Waals surface area contributed by atoms with Gasteiger partial charge < -0.3 is 5.32 Å². The second kappa shape index (κ2) is 7.46. The van der Waals surface area contributed by atoms with Crippen molar-refractivity contribution in [2.24, 2.45) is 23.2 Å². The van der Waals surface area contributed by atoms with Gasteiger partial charge in [0.15, 0.2) is 0 Å². The summed E-state index contributed by atoms with van der Waals surface area (Å²) in [5.41, 5.74) is 3.03. The zero-order valence-electron chi connectivity index (χ0n) is 17.9. The van der Waals surface area contributed by atoms with Gasteiger partial charge in [0.05, 0.1) is 11.0 Å². The minimum atomic E-state index is -0.175. The molecular formula is C26H29N3OS. The summed E-state index contributed by atoms with van der Waals surface area (Å²) in [6, 6.07) is 13.0. The Kier molecular flexibility index (Phi) is 4.70. The van der Waals surface area contributed by atoms with Crippen LogP contribution in [0.1, 0.15) is 60.1 Å². The largest absolute Gasteiger partial charge is 0.316 e. The molecule has 2 aromatic rings. The maximum absolute atomic E-state index is 13.5. The van der Waals surface area contributed by atoms with Crippen LogP contribution in [0.5, 0.6) is 0 Å². The van der Waals surface area contributed by atoms with Crippen LogP contribution < -0.4 is 5.32 Å². The van der Waals surface area contributed by atoms with E-state index in [2.05, 4.69) is 46.6 Å². The molecule has 0 spiro atoms. The molecule has 1 amide bonds. The van der Waals surface area contributed by atoms with Crippen LogP contribution in [0.25, 0.3) is 0 Å². The minimum Gasteiger partial charge on any atom is -0.316 e. The number of benzene rings is 1. The maximum Gasteiger partial charge on any atom is 0.231 e. The zero-order chi connectivity index (χ0) is 21.0. The summed E-state index contributed by atoms with van der Waals surface area (Å²) < 4.78 is 0. The Hall–Kier alpha value is -2.16. The van der Waals surface area contributed by atoms with Crippen LogP contribution in [-0.4, -0.2) is 17.4 Å². The van der Waals surface area contributed by atoms with Crippen molar-refractivity contribution in [1.29, 1.82) is 5.26 Å². The highest BCUT2D eigenvalue weighted by molar-refractivity contribution is 7.16. The topological polar surface area (TPSA) is 56.1 Å². The van der Waals surface area contributed by atoms with Crippen molar-refractivity contribution in [1.82, 2.24) is 4.90 Å². The predicted octanol–water partition coefficient (Wildman–Crippen LogP) is 5.33. The van der Waals surface area contributed by atoms with Gasteiger partial charge in [-0.05, 0) is 73.8 Å². The summed E-state index contributed by atoms with van der Waals surface area (Å²) in [7, 11) is 0. The van der Waals surface area contributed by atoms with Crippen molar-refractivity contribution in [2.45, 2.75) is 58.0 Å². The maximum atomic E-state index is 13.5. The van der Waals surface area contributed by atoms with E-state index < -0.39 is 0 Å². The minimum absolute atomic E-state index is 0.175. The molecule has 4 nitrogen and oxygen atoms in total. The third-order valence-electron chi connectivity index (χ3n) is 8.24. The smallest absolute Gasteiger partial charge is 0.231 e. The normalized spacial score (nSPS) is 31.3. The Labute approximate surface area is 188 Å². The van der Waals surface area contributed by atoms with E-state index in [1.165, 1.54) is 29.7 Å². The Morgan fingerprint density at radius 1 is 1.13 bits per heavy atom. The van der Waals surface area contributed by atoms with E-state index in [4.69, 9.17) is 0 Å². The second-order valence-corrected chi connectivity index (χ2v) is 11.5. The zero-order valence-corrected chi connectivity index (χ0v) is 18.7. The first-order valence-corrected chi connectivity index (χ1v) is 12.6. The van der Waals surface area contributed by atoms with Crippen LogP contribution in [0, 0.1) is 34.5 Å². The lowest BCUT2D eigenvalue weighted by atomic mass is 9.49. The van der Waals surface area contributed by atoms with Gasteiger partial charge in [-0.3, -0.25) is 9.69 Å². The van der Waals surface area contributed by atoms with Crippen molar-refractivity contribution >= 4 is 22.2 Å². The van der Waals surface area contributed by atoms with Gasteiger partial charge in [-0.2, -0.15) is 5.26 Å². The molecule has 0 radical (unpaired) electrons. The van der Waals surface area contributed by atoms with Crippen molar-refractivity contribution in [3.63, 3.8) is 0 Å². The molecule has 0 atom stereocenters. The summed E-state index contributed by atoms with van der Waals surface area (Å²) >= 11 is 1.64. The molecule has 1 N–H and O–H groups in total. The standard InChI is InChI=1S/C26H29N3OS/c27-14-22-21-6-7-29(15-17-4-2-1-3-5-17)16-23(21)31-24(22)28-25(30)26-11-18-8-19(12-26)10-20(9-18)13-26/h1-5,18-20H,6-13,15-16H2,(H,28,30). The van der Waals surface area contributed by atoms with Crippen molar-refractivity contribution in [3.8, 4) is 6.07 Å². The summed E-state index contributed by atoms with van der Waals surface area (Å²) in [6.45, 7) is 2.74. The third kappa shape index (κ3) is 3.41. The van der Waals surface area contributed by atoms with E-state index in [0.29, 0.717) is 0 Å². The van der Waals surface area contributed by atoms with Gasteiger partial charge in [-0.15, -0.1) is 11.3 Å². The quantitative estimate of drug-likeness (QED) is 0.712. The van der Waals surface area contributed by atoms with Crippen LogP contribution in [-0.2, 0) is 24.3 Å². The molecular weight excluding hydrogens is 402 g/mol. The fourth-order valence-corrected chi connectivity index (χ4v) is 8.50. The molecule has 0 saturated heterocycles. The van der Waals surface area contributed by atoms with E-state index in [1.807, 2.05) is 0 Å². The van der Waals surface area contributed by atoms with Gasteiger partial charge in [0, 0.05) is 24.5 Å². The van der Waals surface area contributed by atoms with Crippen molar-refractivity contribution in [3.05, 3.63) is 51.9 Å². The summed E-state index contributed by atoms with van der Waals surface area (Å²) in [6.07, 6.45) is 8.06. The number of nitrogens with one attached hydrogen (secondary N) is 1. The molecule has 4 bridgehead atoms. The number of thiophene rings is 1. The van der Waals surface area contributed by atoms with Crippen LogP contribution in [0.2, 0.25) is 0 Å². The molecule has 4 saturated carbocycles. The van der Waals surface area contributed by atoms with E-state index >= 15 is 0 Å². The van der Waals surface area contributed by atoms with Gasteiger partial charge in [0.1, 0.15) is 11.1 Å². The molecule has 160 valence electrons. The Balaban J connectivity index is 1.21. The van der Waals surface area contributed by atoms with E-state index in [-0.39, 0.29) is 11.3 Å². The van der Waals surface area contributed by atoms with Crippen LogP contribution in [0.15, 0.2) is 30.3 Å². The van der Waals surface area contributed by atoms with Gasteiger partial charge in [0.25, 0.3) is 0 Å². The summed E-state index contributed by atoms with van der Waals surface area (Å²) in [5, 5.41) is 14.0. The molecule has 5 heteroatoms. The number of amides is 1. The number of anilines is 1. The summed E-state index contributed by atoms with van der Waals surface area (Å²) in [5.74, 6) is 2.43. The molecule has 31 heavy (non-hydrogen) atoms. The molecule has 4 aliphatic carbocycles. The highest BCUT2D eigenvalue weighted by atomic mass is 32.1. The highest BCUT2D eigenvalue weighted by Gasteiger charge is 2.54. The van der Waals surface area contributed by atoms with Crippen LogP contribution in [0.3, 0.4) is 0 Å². The van der Waals surface area contributed by atoms with Crippen molar-refractivity contribution < 1.29 is 4.79 Å². The third-order valence-corrected chi connectivity index (χ3v) is 9.38. The number of hydrogen-bond donors (Lipinski definition) is 1. The lowest BCUT2D eigenvalue weighted by molar-refractivity contribution is -0.140. The fourth-order valence-electron chi connectivity index (χ4n) is 7.26. The Morgan fingerprint density at radius 3 is 2.45 bits per heavy atom. The van der Waals surface area contributed by atoms with Crippen molar-refractivity contribution in [2.75, 3.05) is 11.9 Å². The molecule has 0 unspecified atom stereocenters.